The Morgan fingerprint density at radius 3 is 2.45 bits per heavy atom. The van der Waals surface area contributed by atoms with Crippen molar-refractivity contribution in [3.63, 3.8) is 0 Å². The van der Waals surface area contributed by atoms with Crippen LogP contribution in [0.1, 0.15) is 37.4 Å². The summed E-state index contributed by atoms with van der Waals surface area (Å²) in [6.07, 6.45) is 0.650. The summed E-state index contributed by atoms with van der Waals surface area (Å²) in [6.45, 7) is 4.51. The summed E-state index contributed by atoms with van der Waals surface area (Å²) in [5.41, 5.74) is 9.63. The number of nitrogens with one attached hydrogen (secondary N) is 1. The minimum atomic E-state index is -0.444. The van der Waals surface area contributed by atoms with Gasteiger partial charge in [0.2, 0.25) is 5.91 Å². The van der Waals surface area contributed by atoms with Crippen molar-refractivity contribution in [2.24, 2.45) is 5.73 Å². The minimum absolute atomic E-state index is 0.0887. The van der Waals surface area contributed by atoms with E-state index in [1.807, 2.05) is 38.1 Å². The SMILES string of the molecule is Cc1ccc(C(=O)NCCc2cccc(C(N)=O)c2)cc1C. The van der Waals surface area contributed by atoms with Crippen LogP contribution in [0, 0.1) is 13.8 Å². The smallest absolute Gasteiger partial charge is 0.251 e. The van der Waals surface area contributed by atoms with E-state index in [0.717, 1.165) is 11.1 Å². The third kappa shape index (κ3) is 3.95. The number of nitrogens with two attached hydrogens (primary N) is 1. The molecule has 3 N–H and O–H groups in total. The van der Waals surface area contributed by atoms with Gasteiger partial charge in [-0.2, -0.15) is 0 Å². The number of carbonyl (C=O) groups excluding carboxylic acids is 2. The molecule has 4 heteroatoms. The third-order valence-corrected chi connectivity index (χ3v) is 3.68. The molecular formula is C18H20N2O2. The van der Waals surface area contributed by atoms with E-state index in [0.29, 0.717) is 24.1 Å². The van der Waals surface area contributed by atoms with Gasteiger partial charge in [0.25, 0.3) is 5.91 Å². The first-order chi connectivity index (χ1) is 10.5. The molecule has 2 aromatic carbocycles. The highest BCUT2D eigenvalue weighted by molar-refractivity contribution is 5.94. The van der Waals surface area contributed by atoms with Crippen LogP contribution in [0.4, 0.5) is 0 Å². The molecule has 0 spiro atoms. The molecule has 2 aromatic rings. The molecule has 0 aliphatic heterocycles. The van der Waals surface area contributed by atoms with Crippen molar-refractivity contribution in [3.8, 4) is 0 Å². The van der Waals surface area contributed by atoms with E-state index in [1.54, 1.807) is 18.2 Å². The van der Waals surface area contributed by atoms with Crippen LogP contribution < -0.4 is 11.1 Å². The van der Waals surface area contributed by atoms with Gasteiger partial charge in [0.05, 0.1) is 0 Å². The molecule has 2 amide bonds. The predicted molar refractivity (Wildman–Crippen MR) is 86.9 cm³/mol. The normalized spacial score (nSPS) is 10.3. The van der Waals surface area contributed by atoms with Gasteiger partial charge < -0.3 is 11.1 Å². The lowest BCUT2D eigenvalue weighted by molar-refractivity contribution is 0.0952. The molecule has 0 saturated carbocycles. The highest BCUT2D eigenvalue weighted by Crippen LogP contribution is 2.10. The number of hydrogen-bond donors (Lipinski definition) is 2. The largest absolute Gasteiger partial charge is 0.366 e. The van der Waals surface area contributed by atoms with Crippen LogP contribution in [0.25, 0.3) is 0 Å². The second-order valence-electron chi connectivity index (χ2n) is 5.37. The number of hydrogen-bond acceptors (Lipinski definition) is 2. The van der Waals surface area contributed by atoms with E-state index in [-0.39, 0.29) is 5.91 Å². The lowest BCUT2D eigenvalue weighted by atomic mass is 10.1. The van der Waals surface area contributed by atoms with Gasteiger partial charge in [0.1, 0.15) is 0 Å². The maximum Gasteiger partial charge on any atom is 0.251 e. The standard InChI is InChI=1S/C18H20N2O2/c1-12-6-7-16(10-13(12)2)18(22)20-9-8-14-4-3-5-15(11-14)17(19)21/h3-7,10-11H,8-9H2,1-2H3,(H2,19,21)(H,20,22). The van der Waals surface area contributed by atoms with Gasteiger partial charge in [-0.25, -0.2) is 0 Å². The van der Waals surface area contributed by atoms with Crippen molar-refractivity contribution < 1.29 is 9.59 Å². The molecular weight excluding hydrogens is 276 g/mol. The molecule has 0 aliphatic rings. The zero-order chi connectivity index (χ0) is 16.1. The first-order valence-corrected chi connectivity index (χ1v) is 7.21. The Hall–Kier alpha value is -2.62. The molecule has 0 atom stereocenters. The van der Waals surface area contributed by atoms with Crippen molar-refractivity contribution in [1.29, 1.82) is 0 Å². The molecule has 0 aromatic heterocycles. The zero-order valence-corrected chi connectivity index (χ0v) is 12.8. The van der Waals surface area contributed by atoms with Gasteiger partial charge in [-0.3, -0.25) is 9.59 Å². The lowest BCUT2D eigenvalue weighted by Crippen LogP contribution is -2.25. The number of primary amides is 1. The molecule has 2 rings (SSSR count). The number of benzene rings is 2. The maximum absolute atomic E-state index is 12.1. The molecule has 0 aliphatic carbocycles. The van der Waals surface area contributed by atoms with Crippen LogP contribution in [0.15, 0.2) is 42.5 Å². The van der Waals surface area contributed by atoms with Crippen molar-refractivity contribution in [3.05, 3.63) is 70.3 Å². The first kappa shape index (κ1) is 15.8. The highest BCUT2D eigenvalue weighted by atomic mass is 16.2. The average molecular weight is 296 g/mol. The summed E-state index contributed by atoms with van der Waals surface area (Å²) >= 11 is 0. The van der Waals surface area contributed by atoms with E-state index in [4.69, 9.17) is 5.73 Å². The Kier molecular flexibility index (Phi) is 4.94. The monoisotopic (exact) mass is 296 g/mol. The molecule has 0 heterocycles. The number of rotatable bonds is 5. The minimum Gasteiger partial charge on any atom is -0.366 e. The average Bonchev–Trinajstić information content (AvgIpc) is 2.50. The Bertz CT molecular complexity index is 708. The Morgan fingerprint density at radius 2 is 1.77 bits per heavy atom. The Morgan fingerprint density at radius 1 is 1.00 bits per heavy atom. The predicted octanol–water partition coefficient (Wildman–Crippen LogP) is 2.37. The molecule has 0 unspecified atom stereocenters. The quantitative estimate of drug-likeness (QED) is 0.889. The molecule has 0 fully saturated rings. The molecule has 114 valence electrons. The second kappa shape index (κ2) is 6.89. The van der Waals surface area contributed by atoms with E-state index in [2.05, 4.69) is 5.32 Å². The van der Waals surface area contributed by atoms with Gasteiger partial charge in [-0.1, -0.05) is 18.2 Å². The Labute approximate surface area is 130 Å². The fraction of sp³-hybridized carbons (Fsp3) is 0.222. The maximum atomic E-state index is 12.1. The topological polar surface area (TPSA) is 72.2 Å². The molecule has 0 saturated heterocycles. The van der Waals surface area contributed by atoms with Gasteiger partial charge >= 0.3 is 0 Å². The van der Waals surface area contributed by atoms with Crippen molar-refractivity contribution in [2.45, 2.75) is 20.3 Å². The zero-order valence-electron chi connectivity index (χ0n) is 12.8. The number of carbonyl (C=O) groups is 2. The summed E-state index contributed by atoms with van der Waals surface area (Å²) in [4.78, 5) is 23.2. The van der Waals surface area contributed by atoms with Gasteiger partial charge in [0, 0.05) is 17.7 Å². The second-order valence-corrected chi connectivity index (χ2v) is 5.37. The van der Waals surface area contributed by atoms with Gasteiger partial charge in [-0.15, -0.1) is 0 Å². The van der Waals surface area contributed by atoms with Crippen molar-refractivity contribution in [1.82, 2.24) is 5.32 Å². The van der Waals surface area contributed by atoms with Crippen LogP contribution in [-0.2, 0) is 6.42 Å². The van der Waals surface area contributed by atoms with E-state index in [9.17, 15) is 9.59 Å². The summed E-state index contributed by atoms with van der Waals surface area (Å²) in [7, 11) is 0. The van der Waals surface area contributed by atoms with Crippen LogP contribution >= 0.6 is 0 Å². The van der Waals surface area contributed by atoms with Crippen LogP contribution in [0.5, 0.6) is 0 Å². The van der Waals surface area contributed by atoms with Crippen molar-refractivity contribution in [2.75, 3.05) is 6.54 Å². The summed E-state index contributed by atoms with van der Waals surface area (Å²) in [6, 6.07) is 12.8. The number of aryl methyl sites for hydroxylation is 2. The Balaban J connectivity index is 1.93. The molecule has 0 bridgehead atoms. The highest BCUT2D eigenvalue weighted by Gasteiger charge is 2.06. The van der Waals surface area contributed by atoms with Crippen LogP contribution in [0.2, 0.25) is 0 Å². The summed E-state index contributed by atoms with van der Waals surface area (Å²) in [5.74, 6) is -0.532. The summed E-state index contributed by atoms with van der Waals surface area (Å²) < 4.78 is 0. The first-order valence-electron chi connectivity index (χ1n) is 7.21. The summed E-state index contributed by atoms with van der Waals surface area (Å²) in [5, 5.41) is 2.89. The van der Waals surface area contributed by atoms with Crippen molar-refractivity contribution >= 4 is 11.8 Å². The van der Waals surface area contributed by atoms with Crippen LogP contribution in [-0.4, -0.2) is 18.4 Å². The third-order valence-electron chi connectivity index (χ3n) is 3.68. The number of amides is 2. The van der Waals surface area contributed by atoms with E-state index in [1.165, 1.54) is 5.56 Å². The fourth-order valence-corrected chi connectivity index (χ4v) is 2.19. The van der Waals surface area contributed by atoms with Gasteiger partial charge in [-0.05, 0) is 61.2 Å². The van der Waals surface area contributed by atoms with Gasteiger partial charge in [0.15, 0.2) is 0 Å². The fourth-order valence-electron chi connectivity index (χ4n) is 2.19. The van der Waals surface area contributed by atoms with E-state index >= 15 is 0 Å². The lowest BCUT2D eigenvalue weighted by Gasteiger charge is -2.08. The molecule has 0 radical (unpaired) electrons. The molecule has 22 heavy (non-hydrogen) atoms. The van der Waals surface area contributed by atoms with E-state index < -0.39 is 5.91 Å². The van der Waals surface area contributed by atoms with Crippen LogP contribution in [0.3, 0.4) is 0 Å². The molecule has 4 nitrogen and oxygen atoms in total.